The smallest absolute Gasteiger partial charge is 0.404 e. The fourth-order valence-electron chi connectivity index (χ4n) is 4.97. The molecule has 1 aliphatic carbocycles. The van der Waals surface area contributed by atoms with Gasteiger partial charge in [-0.3, -0.25) is 9.59 Å². The normalized spacial score (nSPS) is 25.0. The number of piperidine rings is 1. The van der Waals surface area contributed by atoms with E-state index in [4.69, 9.17) is 28.3 Å². The highest BCUT2D eigenvalue weighted by molar-refractivity contribution is 6.42. The highest BCUT2D eigenvalue weighted by Crippen LogP contribution is 2.47. The molecule has 2 N–H and O–H groups in total. The van der Waals surface area contributed by atoms with Crippen LogP contribution in [0.4, 0.5) is 4.79 Å². The molecule has 2 atom stereocenters. The first kappa shape index (κ1) is 23.2. The summed E-state index contributed by atoms with van der Waals surface area (Å²) in [5.74, 6) is 0.134. The van der Waals surface area contributed by atoms with Gasteiger partial charge >= 0.3 is 6.09 Å². The van der Waals surface area contributed by atoms with Gasteiger partial charge in [0, 0.05) is 55.9 Å². The molecule has 0 radical (unpaired) electrons. The van der Waals surface area contributed by atoms with Crippen LogP contribution in [0, 0.1) is 17.3 Å². The topological polar surface area (TPSA) is 90.0 Å². The summed E-state index contributed by atoms with van der Waals surface area (Å²) in [6.07, 6.45) is 2.18. The molecular formula is C23H29Cl2N3O4. The van der Waals surface area contributed by atoms with Gasteiger partial charge in [-0.25, -0.2) is 4.79 Å². The van der Waals surface area contributed by atoms with Crippen molar-refractivity contribution >= 4 is 41.1 Å². The van der Waals surface area contributed by atoms with E-state index in [0.717, 1.165) is 18.4 Å². The third-order valence-corrected chi connectivity index (χ3v) is 8.03. The molecule has 7 nitrogen and oxygen atoms in total. The fourth-order valence-corrected chi connectivity index (χ4v) is 5.27. The Morgan fingerprint density at radius 2 is 1.78 bits per heavy atom. The van der Waals surface area contributed by atoms with Crippen LogP contribution in [0.25, 0.3) is 0 Å². The van der Waals surface area contributed by atoms with E-state index in [0.29, 0.717) is 49.1 Å². The quantitative estimate of drug-likeness (QED) is 0.668. The van der Waals surface area contributed by atoms with Crippen molar-refractivity contribution in [2.45, 2.75) is 38.5 Å². The average Bonchev–Trinajstić information content (AvgIpc) is 3.38. The molecule has 1 aromatic carbocycles. The van der Waals surface area contributed by atoms with Crippen LogP contribution in [0.15, 0.2) is 18.2 Å². The zero-order chi connectivity index (χ0) is 23.0. The summed E-state index contributed by atoms with van der Waals surface area (Å²) in [6, 6.07) is 5.43. The minimum absolute atomic E-state index is 0.0305. The minimum Gasteiger partial charge on any atom is -0.465 e. The van der Waals surface area contributed by atoms with Gasteiger partial charge in [-0.2, -0.15) is 0 Å². The van der Waals surface area contributed by atoms with E-state index in [-0.39, 0.29) is 41.5 Å². The molecule has 9 heteroatoms. The monoisotopic (exact) mass is 481 g/mol. The Morgan fingerprint density at radius 1 is 1.09 bits per heavy atom. The van der Waals surface area contributed by atoms with Crippen LogP contribution in [0.1, 0.15) is 44.1 Å². The van der Waals surface area contributed by atoms with Gasteiger partial charge in [0.15, 0.2) is 0 Å². The van der Waals surface area contributed by atoms with Gasteiger partial charge in [-0.05, 0) is 43.4 Å². The molecule has 0 unspecified atom stereocenters. The van der Waals surface area contributed by atoms with E-state index in [9.17, 15) is 14.4 Å². The van der Waals surface area contributed by atoms with Crippen LogP contribution < -0.4 is 5.32 Å². The Balaban J connectivity index is 1.41. The number of carbonyl (C=O) groups excluding carboxylic acids is 2. The number of halogens is 2. The van der Waals surface area contributed by atoms with Crippen molar-refractivity contribution in [2.75, 3.05) is 32.7 Å². The SMILES string of the molecule is CC1(C(=O)N2CCC(C(=O)N3C[C@H](CNC(=O)O)[C@@H](c4ccc(Cl)c(Cl)c4)C3)CC2)CC1. The van der Waals surface area contributed by atoms with E-state index >= 15 is 0 Å². The molecule has 1 saturated carbocycles. The number of nitrogens with zero attached hydrogens (tertiary/aromatic N) is 2. The van der Waals surface area contributed by atoms with Crippen LogP contribution >= 0.6 is 23.2 Å². The number of carbonyl (C=O) groups is 3. The lowest BCUT2D eigenvalue weighted by atomic mass is 9.89. The molecule has 3 amide bonds. The Bertz CT molecular complexity index is 913. The van der Waals surface area contributed by atoms with Gasteiger partial charge in [0.1, 0.15) is 0 Å². The van der Waals surface area contributed by atoms with Crippen LogP contribution in [-0.2, 0) is 9.59 Å². The highest BCUT2D eigenvalue weighted by atomic mass is 35.5. The lowest BCUT2D eigenvalue weighted by molar-refractivity contribution is -0.142. The van der Waals surface area contributed by atoms with Gasteiger partial charge in [-0.1, -0.05) is 36.2 Å². The van der Waals surface area contributed by atoms with Crippen molar-refractivity contribution in [1.82, 2.24) is 15.1 Å². The molecule has 0 spiro atoms. The van der Waals surface area contributed by atoms with Gasteiger partial charge in [0.05, 0.1) is 10.0 Å². The molecule has 32 heavy (non-hydrogen) atoms. The Morgan fingerprint density at radius 3 is 2.38 bits per heavy atom. The number of rotatable bonds is 5. The van der Waals surface area contributed by atoms with E-state index in [1.54, 1.807) is 12.1 Å². The first-order chi connectivity index (χ1) is 15.2. The highest BCUT2D eigenvalue weighted by Gasteiger charge is 2.48. The van der Waals surface area contributed by atoms with Crippen LogP contribution in [0.5, 0.6) is 0 Å². The second kappa shape index (κ2) is 9.10. The summed E-state index contributed by atoms with van der Waals surface area (Å²) < 4.78 is 0. The van der Waals surface area contributed by atoms with Crippen molar-refractivity contribution in [3.63, 3.8) is 0 Å². The molecule has 2 heterocycles. The number of hydrogen-bond donors (Lipinski definition) is 2. The molecule has 1 aromatic rings. The molecule has 2 saturated heterocycles. The predicted octanol–water partition coefficient (Wildman–Crippen LogP) is 3.84. The molecule has 174 valence electrons. The lowest BCUT2D eigenvalue weighted by Crippen LogP contribution is -2.46. The predicted molar refractivity (Wildman–Crippen MR) is 122 cm³/mol. The first-order valence-corrected chi connectivity index (χ1v) is 11.9. The second-order valence-corrected chi connectivity index (χ2v) is 10.4. The van der Waals surface area contributed by atoms with Gasteiger partial charge in [0.2, 0.25) is 11.8 Å². The maximum Gasteiger partial charge on any atom is 0.404 e. The number of amides is 3. The average molecular weight is 482 g/mol. The Labute approximate surface area is 198 Å². The number of carboxylic acid groups (broad SMARTS) is 1. The molecule has 0 aromatic heterocycles. The zero-order valence-corrected chi connectivity index (χ0v) is 19.7. The summed E-state index contributed by atoms with van der Waals surface area (Å²) in [5, 5.41) is 12.4. The fraction of sp³-hybridized carbons (Fsp3) is 0.609. The van der Waals surface area contributed by atoms with Crippen molar-refractivity contribution in [3.8, 4) is 0 Å². The molecule has 4 rings (SSSR count). The second-order valence-electron chi connectivity index (χ2n) is 9.60. The molecule has 0 bridgehead atoms. The van der Waals surface area contributed by atoms with Crippen molar-refractivity contribution in [1.29, 1.82) is 0 Å². The number of hydrogen-bond acceptors (Lipinski definition) is 3. The number of likely N-dealkylation sites (tertiary alicyclic amines) is 2. The third-order valence-electron chi connectivity index (χ3n) is 7.29. The van der Waals surface area contributed by atoms with Crippen LogP contribution in [0.3, 0.4) is 0 Å². The maximum atomic E-state index is 13.3. The van der Waals surface area contributed by atoms with Crippen LogP contribution in [0.2, 0.25) is 10.0 Å². The van der Waals surface area contributed by atoms with Gasteiger partial charge in [0.25, 0.3) is 0 Å². The summed E-state index contributed by atoms with van der Waals surface area (Å²) in [4.78, 5) is 40.7. The minimum atomic E-state index is -1.08. The Hall–Kier alpha value is -1.99. The van der Waals surface area contributed by atoms with Crippen molar-refractivity contribution in [2.24, 2.45) is 17.3 Å². The zero-order valence-electron chi connectivity index (χ0n) is 18.2. The van der Waals surface area contributed by atoms with Crippen molar-refractivity contribution < 1.29 is 19.5 Å². The van der Waals surface area contributed by atoms with E-state index in [1.807, 2.05) is 22.8 Å². The van der Waals surface area contributed by atoms with Crippen LogP contribution in [-0.4, -0.2) is 65.5 Å². The summed E-state index contributed by atoms with van der Waals surface area (Å²) in [5.41, 5.74) is 0.772. The van der Waals surface area contributed by atoms with E-state index < -0.39 is 6.09 Å². The standard InChI is InChI=1S/C23H29Cl2N3O4/c1-23(6-7-23)21(30)27-8-4-14(5-9-27)20(29)28-12-16(11-26-22(31)32)17(13-28)15-2-3-18(24)19(25)10-15/h2-3,10,14,16-17,26H,4-9,11-13H2,1H3,(H,31,32)/t16-,17+/m0/s1. The molecule has 3 fully saturated rings. The number of nitrogens with one attached hydrogen (secondary N) is 1. The third kappa shape index (κ3) is 4.84. The van der Waals surface area contributed by atoms with E-state index in [1.165, 1.54) is 0 Å². The largest absolute Gasteiger partial charge is 0.465 e. The molecule has 2 aliphatic heterocycles. The lowest BCUT2D eigenvalue weighted by Gasteiger charge is -2.34. The first-order valence-electron chi connectivity index (χ1n) is 11.2. The maximum absolute atomic E-state index is 13.3. The van der Waals surface area contributed by atoms with Gasteiger partial charge in [-0.15, -0.1) is 0 Å². The molecule has 3 aliphatic rings. The van der Waals surface area contributed by atoms with E-state index in [2.05, 4.69) is 5.32 Å². The summed E-state index contributed by atoms with van der Waals surface area (Å²) in [7, 11) is 0. The van der Waals surface area contributed by atoms with Gasteiger partial charge < -0.3 is 20.2 Å². The summed E-state index contributed by atoms with van der Waals surface area (Å²) in [6.45, 7) is 4.53. The van der Waals surface area contributed by atoms with Crippen molar-refractivity contribution in [3.05, 3.63) is 33.8 Å². The Kier molecular flexibility index (Phi) is 6.59. The summed E-state index contributed by atoms with van der Waals surface area (Å²) >= 11 is 12.3. The molecular weight excluding hydrogens is 453 g/mol. The number of benzene rings is 1.